The smallest absolute Gasteiger partial charge is 0.335 e. The fourth-order valence-corrected chi connectivity index (χ4v) is 4.74. The summed E-state index contributed by atoms with van der Waals surface area (Å²) in [5, 5.41) is 7.10. The lowest BCUT2D eigenvalue weighted by atomic mass is 10.1. The molecule has 0 atom stereocenters. The van der Waals surface area contributed by atoms with Crippen molar-refractivity contribution in [1.82, 2.24) is 28.3 Å². The highest BCUT2D eigenvalue weighted by Crippen LogP contribution is 2.33. The molecular formula is C31H26FN7O4. The molecule has 12 heteroatoms. The zero-order valence-electron chi connectivity index (χ0n) is 23.5. The van der Waals surface area contributed by atoms with Crippen LogP contribution < -0.4 is 21.3 Å². The number of aryl methyl sites for hydroxylation is 3. The minimum atomic E-state index is -0.812. The van der Waals surface area contributed by atoms with Gasteiger partial charge in [0.1, 0.15) is 22.6 Å². The van der Waals surface area contributed by atoms with E-state index in [1.165, 1.54) is 22.9 Å². The van der Waals surface area contributed by atoms with Crippen molar-refractivity contribution >= 4 is 17.1 Å². The Balaban J connectivity index is 1.29. The average molecular weight is 580 g/mol. The van der Waals surface area contributed by atoms with Crippen molar-refractivity contribution in [1.29, 1.82) is 0 Å². The van der Waals surface area contributed by atoms with E-state index in [0.717, 1.165) is 39.0 Å². The van der Waals surface area contributed by atoms with Gasteiger partial charge in [0, 0.05) is 43.4 Å². The second-order valence-electron chi connectivity index (χ2n) is 9.94. The van der Waals surface area contributed by atoms with Crippen LogP contribution in [0.2, 0.25) is 0 Å². The van der Waals surface area contributed by atoms with E-state index < -0.39 is 23.0 Å². The van der Waals surface area contributed by atoms with Gasteiger partial charge in [-0.1, -0.05) is 0 Å². The molecule has 216 valence electrons. The Labute approximate surface area is 244 Å². The summed E-state index contributed by atoms with van der Waals surface area (Å²) >= 11 is 0. The standard InChI is InChI=1S/C31H26FN7O4/c1-4-37-16-24(30(41)39(31(37)42)23-8-5-21(32)6-9-23)29(40)35-22-7-10-27(19(2)13-22)43-28-14-20(25-17-36(3)18-33-25)15-38-26(28)11-12-34-38/h5-18H,4H2,1-3H3,(H,35,40). The van der Waals surface area contributed by atoms with Crippen LogP contribution >= 0.6 is 0 Å². The SMILES string of the molecule is CCn1cc(C(=O)Nc2ccc(Oc3cc(-c4cn(C)cn4)cn4nccc34)c(C)c2)c(=O)n(-c2ccc(F)cc2)c1=O. The zero-order valence-corrected chi connectivity index (χ0v) is 23.5. The fraction of sp³-hybridized carbons (Fsp3) is 0.129. The number of fused-ring (bicyclic) bond motifs is 1. The number of nitrogens with one attached hydrogen (secondary N) is 1. The van der Waals surface area contributed by atoms with Crippen LogP contribution in [0.15, 0.2) is 95.3 Å². The van der Waals surface area contributed by atoms with Crippen LogP contribution in [-0.4, -0.2) is 34.2 Å². The van der Waals surface area contributed by atoms with Crippen LogP contribution in [-0.2, 0) is 13.6 Å². The van der Waals surface area contributed by atoms with Gasteiger partial charge in [-0.2, -0.15) is 5.10 Å². The molecule has 1 N–H and O–H groups in total. The number of ether oxygens (including phenoxy) is 1. The Kier molecular flexibility index (Phi) is 6.94. The maximum atomic E-state index is 13.5. The van der Waals surface area contributed by atoms with Gasteiger partial charge < -0.3 is 14.6 Å². The molecule has 0 fully saturated rings. The van der Waals surface area contributed by atoms with E-state index in [-0.39, 0.29) is 17.8 Å². The topological polar surface area (TPSA) is 117 Å². The predicted octanol–water partition coefficient (Wildman–Crippen LogP) is 4.56. The van der Waals surface area contributed by atoms with Gasteiger partial charge in [0.2, 0.25) is 0 Å². The lowest BCUT2D eigenvalue weighted by Gasteiger charge is -2.14. The first-order chi connectivity index (χ1) is 20.7. The first-order valence-corrected chi connectivity index (χ1v) is 13.4. The number of nitrogens with zero attached hydrogens (tertiary/aromatic N) is 6. The maximum absolute atomic E-state index is 13.5. The first-order valence-electron chi connectivity index (χ1n) is 13.4. The number of amides is 1. The summed E-state index contributed by atoms with van der Waals surface area (Å²) in [6.45, 7) is 3.77. The third-order valence-electron chi connectivity index (χ3n) is 6.95. The molecule has 43 heavy (non-hydrogen) atoms. The molecule has 4 aromatic heterocycles. The second-order valence-corrected chi connectivity index (χ2v) is 9.94. The van der Waals surface area contributed by atoms with E-state index in [4.69, 9.17) is 4.74 Å². The Morgan fingerprint density at radius 3 is 2.49 bits per heavy atom. The molecule has 11 nitrogen and oxygen atoms in total. The van der Waals surface area contributed by atoms with E-state index in [0.29, 0.717) is 17.2 Å². The molecule has 6 rings (SSSR count). The molecular weight excluding hydrogens is 553 g/mol. The van der Waals surface area contributed by atoms with Crippen molar-refractivity contribution in [3.8, 4) is 28.4 Å². The van der Waals surface area contributed by atoms with E-state index in [9.17, 15) is 18.8 Å². The van der Waals surface area contributed by atoms with E-state index in [2.05, 4.69) is 15.4 Å². The molecule has 0 saturated carbocycles. The van der Waals surface area contributed by atoms with Gasteiger partial charge in [0.15, 0.2) is 5.75 Å². The van der Waals surface area contributed by atoms with Crippen LogP contribution in [0, 0.1) is 12.7 Å². The number of carbonyl (C=O) groups is 1. The number of aromatic nitrogens is 6. The van der Waals surface area contributed by atoms with Gasteiger partial charge in [-0.15, -0.1) is 0 Å². The van der Waals surface area contributed by atoms with Crippen molar-refractivity contribution in [3.63, 3.8) is 0 Å². The summed E-state index contributed by atoms with van der Waals surface area (Å²) in [5.74, 6) is -0.0823. The Hall–Kier alpha value is -5.78. The quantitative estimate of drug-likeness (QED) is 0.296. The van der Waals surface area contributed by atoms with Crippen LogP contribution in [0.5, 0.6) is 11.5 Å². The number of imidazole rings is 1. The van der Waals surface area contributed by atoms with Crippen molar-refractivity contribution in [2.24, 2.45) is 7.05 Å². The van der Waals surface area contributed by atoms with Crippen LogP contribution in [0.3, 0.4) is 0 Å². The number of rotatable bonds is 7. The highest BCUT2D eigenvalue weighted by Gasteiger charge is 2.19. The molecule has 0 spiro atoms. The summed E-state index contributed by atoms with van der Waals surface area (Å²) < 4.78 is 25.5. The molecule has 0 aliphatic rings. The molecule has 0 bridgehead atoms. The summed E-state index contributed by atoms with van der Waals surface area (Å²) in [5.41, 5.74) is 1.98. The third kappa shape index (κ3) is 5.21. The highest BCUT2D eigenvalue weighted by atomic mass is 19.1. The number of benzene rings is 2. The van der Waals surface area contributed by atoms with Gasteiger partial charge in [0.05, 0.1) is 23.9 Å². The van der Waals surface area contributed by atoms with Crippen molar-refractivity contribution in [3.05, 3.63) is 123 Å². The van der Waals surface area contributed by atoms with E-state index >= 15 is 0 Å². The molecule has 1 amide bonds. The van der Waals surface area contributed by atoms with Gasteiger partial charge >= 0.3 is 5.69 Å². The lowest BCUT2D eigenvalue weighted by Crippen LogP contribution is -2.42. The van der Waals surface area contributed by atoms with Crippen molar-refractivity contribution < 1.29 is 13.9 Å². The predicted molar refractivity (Wildman–Crippen MR) is 159 cm³/mol. The number of hydrogen-bond donors (Lipinski definition) is 1. The number of halogens is 1. The lowest BCUT2D eigenvalue weighted by molar-refractivity contribution is 0.102. The number of hydrogen-bond acceptors (Lipinski definition) is 6. The fourth-order valence-electron chi connectivity index (χ4n) is 4.74. The van der Waals surface area contributed by atoms with E-state index in [1.54, 1.807) is 42.2 Å². The molecule has 0 radical (unpaired) electrons. The van der Waals surface area contributed by atoms with E-state index in [1.807, 2.05) is 43.1 Å². The molecule has 0 aliphatic carbocycles. The zero-order chi connectivity index (χ0) is 30.2. The summed E-state index contributed by atoms with van der Waals surface area (Å²) in [6.07, 6.45) is 8.41. The average Bonchev–Trinajstić information content (AvgIpc) is 3.65. The maximum Gasteiger partial charge on any atom is 0.335 e. The molecule has 2 aromatic carbocycles. The summed E-state index contributed by atoms with van der Waals surface area (Å²) in [6, 6.07) is 13.7. The van der Waals surface area contributed by atoms with Gasteiger partial charge in [-0.05, 0) is 74.0 Å². The second kappa shape index (κ2) is 10.9. The first kappa shape index (κ1) is 27.4. The summed E-state index contributed by atoms with van der Waals surface area (Å²) in [4.78, 5) is 43.9. The van der Waals surface area contributed by atoms with Crippen molar-refractivity contribution in [2.75, 3.05) is 5.32 Å². The summed E-state index contributed by atoms with van der Waals surface area (Å²) in [7, 11) is 1.89. The number of pyridine rings is 1. The minimum Gasteiger partial charge on any atom is -0.455 e. The number of anilines is 1. The Bertz CT molecular complexity index is 2120. The third-order valence-corrected chi connectivity index (χ3v) is 6.95. The molecule has 4 heterocycles. The molecule has 0 aliphatic heterocycles. The van der Waals surface area contributed by atoms with Gasteiger partial charge in [-0.3, -0.25) is 14.2 Å². The largest absolute Gasteiger partial charge is 0.455 e. The van der Waals surface area contributed by atoms with Gasteiger partial charge in [0.25, 0.3) is 11.5 Å². The Morgan fingerprint density at radius 2 is 1.79 bits per heavy atom. The van der Waals surface area contributed by atoms with Crippen LogP contribution in [0.25, 0.3) is 22.5 Å². The molecule has 0 saturated heterocycles. The van der Waals surface area contributed by atoms with Crippen molar-refractivity contribution in [2.45, 2.75) is 20.4 Å². The van der Waals surface area contributed by atoms with Crippen LogP contribution in [0.1, 0.15) is 22.8 Å². The normalized spacial score (nSPS) is 11.2. The van der Waals surface area contributed by atoms with Crippen LogP contribution in [0.4, 0.5) is 10.1 Å². The highest BCUT2D eigenvalue weighted by molar-refractivity contribution is 6.04. The Morgan fingerprint density at radius 1 is 1.00 bits per heavy atom. The molecule has 6 aromatic rings. The minimum absolute atomic E-state index is 0.157. The molecule has 0 unspecified atom stereocenters. The monoisotopic (exact) mass is 579 g/mol. The number of carbonyl (C=O) groups excluding carboxylic acids is 1. The van der Waals surface area contributed by atoms with Gasteiger partial charge in [-0.25, -0.2) is 23.3 Å².